The molecule has 4 saturated heterocycles. The summed E-state index contributed by atoms with van der Waals surface area (Å²) in [6, 6.07) is 17.6. The molecular weight excluding hydrogens is 1100 g/mol. The molecule has 82 heavy (non-hydrogen) atoms. The molecule has 23 heteroatoms. The molecule has 0 saturated carbocycles. The lowest BCUT2D eigenvalue weighted by atomic mass is 9.85. The number of amides is 3. The van der Waals surface area contributed by atoms with Crippen LogP contribution in [0.2, 0.25) is 0 Å². The summed E-state index contributed by atoms with van der Waals surface area (Å²) in [5.74, 6) is -4.07. The number of anilines is 2. The first kappa shape index (κ1) is 58.4. The number of pyridine rings is 1. The van der Waals surface area contributed by atoms with Crippen molar-refractivity contribution in [3.05, 3.63) is 119 Å². The lowest BCUT2D eigenvalue weighted by Crippen LogP contribution is -2.59. The number of rotatable bonds is 17. The summed E-state index contributed by atoms with van der Waals surface area (Å²) in [5.41, 5.74) is 5.35. The van der Waals surface area contributed by atoms with Crippen molar-refractivity contribution in [1.29, 1.82) is 0 Å². The molecule has 3 aromatic carbocycles. The number of hydrogen-bond donors (Lipinski definition) is 4. The second kappa shape index (κ2) is 24.2. The van der Waals surface area contributed by atoms with E-state index < -0.39 is 74.6 Å². The maximum absolute atomic E-state index is 16.1. The molecule has 18 nitrogen and oxygen atoms in total. The van der Waals surface area contributed by atoms with E-state index in [-0.39, 0.29) is 62.9 Å². The lowest BCUT2D eigenvalue weighted by molar-refractivity contribution is -0.144. The molecule has 10 rings (SSSR count). The minimum atomic E-state index is -4.37. The number of carbonyl (C=O) groups is 4. The summed E-state index contributed by atoms with van der Waals surface area (Å²) in [6.07, 6.45) is 2.71. The van der Waals surface area contributed by atoms with Gasteiger partial charge in [0, 0.05) is 107 Å². The Hall–Kier alpha value is -6.76. The van der Waals surface area contributed by atoms with E-state index in [4.69, 9.17) is 0 Å². The minimum absolute atomic E-state index is 0.000147. The van der Waals surface area contributed by atoms with Gasteiger partial charge in [-0.05, 0) is 97.6 Å². The zero-order valence-electron chi connectivity index (χ0n) is 46.7. The number of aliphatic hydroxyl groups excluding tert-OH is 1. The zero-order valence-corrected chi connectivity index (χ0v) is 48.3. The van der Waals surface area contributed by atoms with Crippen molar-refractivity contribution in [1.82, 2.24) is 44.6 Å². The van der Waals surface area contributed by atoms with Crippen LogP contribution in [0.15, 0.2) is 84.6 Å². The fourth-order valence-electron chi connectivity index (χ4n) is 11.6. The average Bonchev–Trinajstić information content (AvgIpc) is 4.47. The van der Waals surface area contributed by atoms with Crippen LogP contribution in [0, 0.1) is 29.9 Å². The van der Waals surface area contributed by atoms with Gasteiger partial charge in [0.1, 0.15) is 29.7 Å². The van der Waals surface area contributed by atoms with Gasteiger partial charge in [0.2, 0.25) is 23.5 Å². The van der Waals surface area contributed by atoms with Crippen LogP contribution in [0.1, 0.15) is 73.6 Å². The van der Waals surface area contributed by atoms with Crippen molar-refractivity contribution in [2.45, 2.75) is 84.3 Å². The maximum atomic E-state index is 16.1. The van der Waals surface area contributed by atoms with Gasteiger partial charge in [0.25, 0.3) is 0 Å². The van der Waals surface area contributed by atoms with Gasteiger partial charge in [0.05, 0.1) is 40.0 Å². The third-order valence-corrected chi connectivity index (χ3v) is 19.3. The van der Waals surface area contributed by atoms with Gasteiger partial charge in [0.15, 0.2) is 5.82 Å². The Morgan fingerprint density at radius 3 is 2.24 bits per heavy atom. The van der Waals surface area contributed by atoms with Crippen molar-refractivity contribution in [3.63, 3.8) is 0 Å². The lowest BCUT2D eigenvalue weighted by Gasteiger charge is -2.40. The third-order valence-electron chi connectivity index (χ3n) is 16.4. The molecule has 3 amide bonds. The Labute approximate surface area is 479 Å². The highest BCUT2D eigenvalue weighted by Crippen LogP contribution is 2.34. The largest absolute Gasteiger partial charge is 0.391 e. The number of aromatic nitrogens is 3. The fourth-order valence-corrected chi connectivity index (χ4v) is 13.8. The Morgan fingerprint density at radius 2 is 1.59 bits per heavy atom. The number of hydrogen-bond acceptors (Lipinski definition) is 13. The van der Waals surface area contributed by atoms with Gasteiger partial charge in [-0.3, -0.25) is 33.3 Å². The summed E-state index contributed by atoms with van der Waals surface area (Å²) < 4.78 is 73.3. The highest BCUT2D eigenvalue weighted by atomic mass is 32.2. The van der Waals surface area contributed by atoms with E-state index in [9.17, 15) is 37.1 Å². The van der Waals surface area contributed by atoms with Crippen LogP contribution in [0.4, 0.5) is 24.5 Å². The molecule has 0 aliphatic carbocycles. The number of β-amino-alcohol motifs (C(OH)–C–C–N with tert-alkyl or cyclic N) is 1. The molecule has 436 valence electrons. The summed E-state index contributed by atoms with van der Waals surface area (Å²) in [4.78, 5) is 76.6. The van der Waals surface area contributed by atoms with Crippen LogP contribution in [0.5, 0.6) is 0 Å². The third kappa shape index (κ3) is 12.6. The Kier molecular flexibility index (Phi) is 17.3. The summed E-state index contributed by atoms with van der Waals surface area (Å²) in [5, 5.41) is 17.0. The van der Waals surface area contributed by atoms with Crippen LogP contribution in [0.3, 0.4) is 0 Å². The first-order valence-electron chi connectivity index (χ1n) is 27.9. The predicted molar refractivity (Wildman–Crippen MR) is 309 cm³/mol. The number of benzene rings is 3. The monoisotopic (exact) mass is 1170 g/mol. The average molecular weight is 1170 g/mol. The SMILES string of the molecule is Cc1ncsc1-c1ccc(CNC(=O)[C@@H]2C[C@@H](O)CN2C(=O)[C@@H](NC(=O)CN2CCC(CN3CCN(c4ccc(-c5cnc6[nH]cc(C(=O)c7c(F)ccc(N(C)S(=O)(=O)N8CC[C@@H](F)C8)c7F)c6c5)cc4)CC3)CC2)C(C)(C)C)cc1. The summed E-state index contributed by atoms with van der Waals surface area (Å²) in [6.45, 7) is 13.4. The first-order chi connectivity index (χ1) is 39.1. The summed E-state index contributed by atoms with van der Waals surface area (Å²) >= 11 is 1.57. The van der Waals surface area contributed by atoms with Crippen molar-refractivity contribution in [2.75, 3.05) is 88.2 Å². The number of aryl methyl sites for hydroxylation is 1. The van der Waals surface area contributed by atoms with Gasteiger partial charge in [-0.25, -0.2) is 23.1 Å². The highest BCUT2D eigenvalue weighted by Gasteiger charge is 2.45. The molecule has 0 unspecified atom stereocenters. The second-order valence-corrected chi connectivity index (χ2v) is 25.9. The molecule has 4 aliphatic rings. The number of fused-ring (bicyclic) bond motifs is 1. The number of nitrogens with zero attached hydrogens (tertiary/aromatic N) is 8. The van der Waals surface area contributed by atoms with Gasteiger partial charge in [-0.1, -0.05) is 57.2 Å². The van der Waals surface area contributed by atoms with Crippen LogP contribution in [-0.4, -0.2) is 174 Å². The van der Waals surface area contributed by atoms with E-state index >= 15 is 8.78 Å². The number of likely N-dealkylation sites (tertiary alicyclic amines) is 2. The zero-order chi connectivity index (χ0) is 58.2. The predicted octanol–water partition coefficient (Wildman–Crippen LogP) is 6.54. The normalized spacial score (nSPS) is 20.1. The fraction of sp³-hybridized carbons (Fsp3) is 0.458. The van der Waals surface area contributed by atoms with Gasteiger partial charge >= 0.3 is 10.2 Å². The molecule has 7 heterocycles. The Morgan fingerprint density at radius 1 is 0.878 bits per heavy atom. The number of ketones is 1. The van der Waals surface area contributed by atoms with Gasteiger partial charge < -0.3 is 30.5 Å². The number of aromatic amines is 1. The summed E-state index contributed by atoms with van der Waals surface area (Å²) in [7, 11) is -3.29. The number of H-pyrrole nitrogens is 1. The van der Waals surface area contributed by atoms with Gasteiger partial charge in [-0.2, -0.15) is 12.7 Å². The minimum Gasteiger partial charge on any atom is -0.391 e. The van der Waals surface area contributed by atoms with E-state index in [1.165, 1.54) is 11.1 Å². The van der Waals surface area contributed by atoms with Crippen molar-refractivity contribution < 1.29 is 45.9 Å². The molecule has 4 atom stereocenters. The number of carbonyl (C=O) groups excluding carboxylic acids is 4. The standard InChI is InChI=1S/C59H70F3N11O7S2/c1-36-54(81-35-66-36)40-8-6-37(7-9-40)28-65-57(77)49-27-44(74)33-73(49)58(78)55(59(2,3)4)67-50(75)34-69-19-16-38(17-20-69)31-70-22-24-71(25-23-70)43-12-10-39(11-13-43)41-26-45-46(30-64-56(45)63-29-41)53(76)51-47(61)14-15-48(52(51)62)68(5)82(79,80)72-21-18-42(60)32-72/h6-15,26,29-30,35,38,42,44,49,55,74H,16-25,27-28,31-34H2,1-5H3,(H,63,64)(H,65,77)(H,67,75)/t42-,44-,49+,55-/m1/s1. The second-order valence-electron chi connectivity index (χ2n) is 23.1. The molecule has 0 spiro atoms. The number of aliphatic hydroxyl groups is 1. The van der Waals surface area contributed by atoms with Crippen LogP contribution in [0.25, 0.3) is 32.6 Å². The van der Waals surface area contributed by atoms with Gasteiger partial charge in [-0.15, -0.1) is 11.3 Å². The number of piperidine rings is 1. The first-order valence-corrected chi connectivity index (χ1v) is 30.1. The Bertz CT molecular complexity index is 3430. The van der Waals surface area contributed by atoms with Crippen molar-refractivity contribution in [2.24, 2.45) is 11.3 Å². The van der Waals surface area contributed by atoms with E-state index in [0.29, 0.717) is 26.8 Å². The van der Waals surface area contributed by atoms with E-state index in [1.54, 1.807) is 23.6 Å². The number of thiazole rings is 1. The molecule has 4 N–H and O–H groups in total. The molecular formula is C59H70F3N11O7S2. The van der Waals surface area contributed by atoms with Crippen LogP contribution < -0.4 is 19.8 Å². The van der Waals surface area contributed by atoms with E-state index in [0.717, 1.165) is 115 Å². The molecule has 6 aromatic rings. The number of piperazine rings is 1. The van der Waals surface area contributed by atoms with Crippen LogP contribution >= 0.6 is 11.3 Å². The van der Waals surface area contributed by atoms with Crippen LogP contribution in [-0.2, 0) is 31.1 Å². The molecule has 4 aliphatic heterocycles. The topological polar surface area (TPSA) is 208 Å². The molecule has 0 bridgehead atoms. The number of alkyl halides is 1. The smallest absolute Gasteiger partial charge is 0.304 e. The molecule has 0 radical (unpaired) electrons. The van der Waals surface area contributed by atoms with E-state index in [2.05, 4.69) is 40.3 Å². The molecule has 4 fully saturated rings. The Balaban J connectivity index is 0.682. The number of nitrogens with one attached hydrogen (secondary N) is 3. The maximum Gasteiger partial charge on any atom is 0.304 e. The van der Waals surface area contributed by atoms with E-state index in [1.807, 2.05) is 81.7 Å². The quantitative estimate of drug-likeness (QED) is 0.0719. The molecule has 3 aromatic heterocycles. The van der Waals surface area contributed by atoms with Crippen molar-refractivity contribution >= 4 is 67.5 Å². The highest BCUT2D eigenvalue weighted by molar-refractivity contribution is 7.90. The number of halogens is 3. The van der Waals surface area contributed by atoms with Crippen molar-refractivity contribution in [3.8, 4) is 21.6 Å².